The smallest absolute Gasteiger partial charge is 0.352 e. The van der Waals surface area contributed by atoms with E-state index in [1.165, 1.54) is 57.6 Å². The molecule has 2 unspecified atom stereocenters. The number of benzene rings is 1. The Bertz CT molecular complexity index is 1370. The van der Waals surface area contributed by atoms with Gasteiger partial charge >= 0.3 is 11.9 Å². The van der Waals surface area contributed by atoms with Crippen LogP contribution in [0.4, 0.5) is 0 Å². The van der Waals surface area contributed by atoms with Gasteiger partial charge in [-0.3, -0.25) is 29.0 Å². The van der Waals surface area contributed by atoms with Crippen molar-refractivity contribution in [3.63, 3.8) is 0 Å². The second kappa shape index (κ2) is 11.1. The summed E-state index contributed by atoms with van der Waals surface area (Å²) in [4.78, 5) is 76.5. The highest BCUT2D eigenvalue weighted by molar-refractivity contribution is 8.00. The molecule has 0 saturated carbocycles. The van der Waals surface area contributed by atoms with E-state index in [1.807, 2.05) is 0 Å². The van der Waals surface area contributed by atoms with Gasteiger partial charge < -0.3 is 32.3 Å². The number of hydrogen-bond donors (Lipinski definition) is 6. The number of thioether (sulfide) groups is 2. The molecular formula is C26H28N6O8S2. The monoisotopic (exact) mass is 616 g/mol. The molecule has 16 heteroatoms. The standard InChI is InChI=1S/C26H28N6O8S2/c1-9-7-41-23-15(21(35)31(23)17(9)25(37)38)29-19(33)13(27)11-3-5-12(6-4-11)14(28)20(34)30-16-22(36)32-18(26(39)40)10(2)8-42-24(16)32/h3-6,13-16,23-24H,7-8,27-28H2,1-2H3,(H,29,33)(H,30,34)(H,37,38)(H,39,40)/t13?,14?,15-,16-,23-,24-/m1/s1. The van der Waals surface area contributed by atoms with Crippen LogP contribution in [-0.4, -0.2) is 89.9 Å². The predicted octanol–water partition coefficient (Wildman–Crippen LogP) is -0.797. The van der Waals surface area contributed by atoms with Gasteiger partial charge in [-0.05, 0) is 36.1 Å². The Balaban J connectivity index is 1.18. The normalized spacial score (nSPS) is 26.4. The predicted molar refractivity (Wildman–Crippen MR) is 151 cm³/mol. The minimum atomic E-state index is -1.20. The van der Waals surface area contributed by atoms with Crippen LogP contribution in [0.2, 0.25) is 0 Å². The number of carboxylic acids is 2. The first-order chi connectivity index (χ1) is 19.8. The third-order valence-corrected chi connectivity index (χ3v) is 10.4. The molecule has 4 amide bonds. The summed E-state index contributed by atoms with van der Waals surface area (Å²) >= 11 is 2.70. The quantitative estimate of drug-likeness (QED) is 0.198. The number of hydrogen-bond acceptors (Lipinski definition) is 10. The van der Waals surface area contributed by atoms with Gasteiger partial charge in [-0.25, -0.2) is 9.59 Å². The number of fused-ring (bicyclic) bond motifs is 2. The summed E-state index contributed by atoms with van der Waals surface area (Å²) in [5, 5.41) is 23.1. The summed E-state index contributed by atoms with van der Waals surface area (Å²) in [6.07, 6.45) is 0. The van der Waals surface area contributed by atoms with Crippen LogP contribution in [0.1, 0.15) is 37.1 Å². The lowest BCUT2D eigenvalue weighted by Gasteiger charge is -2.49. The third-order valence-electron chi connectivity index (χ3n) is 7.54. The molecule has 1 aromatic carbocycles. The number of rotatable bonds is 8. The van der Waals surface area contributed by atoms with E-state index in [1.54, 1.807) is 13.8 Å². The summed E-state index contributed by atoms with van der Waals surface area (Å²) in [7, 11) is 0. The van der Waals surface area contributed by atoms with Crippen LogP contribution in [0.15, 0.2) is 46.8 Å². The van der Waals surface area contributed by atoms with Gasteiger partial charge in [0.15, 0.2) is 0 Å². The van der Waals surface area contributed by atoms with Crippen molar-refractivity contribution in [2.45, 2.75) is 48.8 Å². The molecule has 2 fully saturated rings. The molecule has 6 atom stereocenters. The molecule has 42 heavy (non-hydrogen) atoms. The zero-order valence-electron chi connectivity index (χ0n) is 22.4. The van der Waals surface area contributed by atoms with Crippen molar-refractivity contribution in [2.24, 2.45) is 11.5 Å². The number of β-lactam (4-membered cyclic amide) rings is 2. The molecule has 4 aliphatic rings. The highest BCUT2D eigenvalue weighted by Gasteiger charge is 2.55. The molecule has 0 radical (unpaired) electrons. The second-order valence-corrected chi connectivity index (χ2v) is 12.5. The van der Waals surface area contributed by atoms with Gasteiger partial charge in [-0.1, -0.05) is 24.3 Å². The summed E-state index contributed by atoms with van der Waals surface area (Å²) in [5.41, 5.74) is 14.0. The van der Waals surface area contributed by atoms with Crippen LogP contribution >= 0.6 is 23.5 Å². The van der Waals surface area contributed by atoms with E-state index >= 15 is 0 Å². The molecule has 0 bridgehead atoms. The van der Waals surface area contributed by atoms with Gasteiger partial charge in [0.2, 0.25) is 11.8 Å². The minimum absolute atomic E-state index is 0.0667. The number of carbonyl (C=O) groups excluding carboxylic acids is 4. The van der Waals surface area contributed by atoms with Crippen molar-refractivity contribution in [3.05, 3.63) is 57.9 Å². The lowest BCUT2D eigenvalue weighted by atomic mass is 9.98. The number of nitrogens with zero attached hydrogens (tertiary/aromatic N) is 2. The van der Waals surface area contributed by atoms with E-state index < -0.39 is 70.5 Å². The maximum atomic E-state index is 12.9. The lowest BCUT2D eigenvalue weighted by Crippen LogP contribution is -2.71. The van der Waals surface area contributed by atoms with Gasteiger partial charge in [0.05, 0.1) is 0 Å². The van der Waals surface area contributed by atoms with Gasteiger partial charge in [-0.15, -0.1) is 23.5 Å². The van der Waals surface area contributed by atoms with Crippen LogP contribution in [0.3, 0.4) is 0 Å². The fourth-order valence-corrected chi connectivity index (χ4v) is 7.84. The average Bonchev–Trinajstić information content (AvgIpc) is 2.96. The van der Waals surface area contributed by atoms with E-state index in [2.05, 4.69) is 10.6 Å². The van der Waals surface area contributed by atoms with Crippen molar-refractivity contribution < 1.29 is 39.0 Å². The first-order valence-electron chi connectivity index (χ1n) is 12.8. The molecule has 5 rings (SSSR count). The Kier molecular flexibility index (Phi) is 7.82. The van der Waals surface area contributed by atoms with Crippen molar-refractivity contribution >= 4 is 59.1 Å². The number of aliphatic carboxylic acids is 2. The molecular weight excluding hydrogens is 588 g/mol. The third kappa shape index (κ3) is 4.83. The zero-order chi connectivity index (χ0) is 30.6. The number of nitrogens with one attached hydrogen (secondary N) is 2. The van der Waals surface area contributed by atoms with Crippen molar-refractivity contribution in [2.75, 3.05) is 11.5 Å². The first-order valence-corrected chi connectivity index (χ1v) is 14.9. The summed E-state index contributed by atoms with van der Waals surface area (Å²) in [6.45, 7) is 3.29. The Morgan fingerprint density at radius 1 is 0.762 bits per heavy atom. The Morgan fingerprint density at radius 2 is 1.10 bits per heavy atom. The molecule has 0 aromatic heterocycles. The van der Waals surface area contributed by atoms with E-state index in [9.17, 15) is 39.0 Å². The van der Waals surface area contributed by atoms with E-state index in [-0.39, 0.29) is 11.4 Å². The lowest BCUT2D eigenvalue weighted by molar-refractivity contribution is -0.150. The molecule has 14 nitrogen and oxygen atoms in total. The summed E-state index contributed by atoms with van der Waals surface area (Å²) in [5.74, 6) is -3.89. The van der Waals surface area contributed by atoms with Crippen molar-refractivity contribution in [1.29, 1.82) is 0 Å². The summed E-state index contributed by atoms with van der Waals surface area (Å²) in [6, 6.07) is 1.95. The van der Waals surface area contributed by atoms with Crippen LogP contribution in [-0.2, 0) is 28.8 Å². The highest BCUT2D eigenvalue weighted by atomic mass is 32.2. The zero-order valence-corrected chi connectivity index (χ0v) is 24.0. The van der Waals surface area contributed by atoms with Gasteiger partial charge in [0.25, 0.3) is 11.8 Å². The number of carboxylic acid groups (broad SMARTS) is 2. The fourth-order valence-electron chi connectivity index (χ4n) is 5.25. The van der Waals surface area contributed by atoms with E-state index in [0.717, 1.165) is 0 Å². The molecule has 4 aliphatic heterocycles. The molecule has 8 N–H and O–H groups in total. The first kappa shape index (κ1) is 29.6. The maximum Gasteiger partial charge on any atom is 0.352 e. The molecule has 0 spiro atoms. The minimum Gasteiger partial charge on any atom is -0.477 e. The topological polar surface area (TPSA) is 225 Å². The van der Waals surface area contributed by atoms with Gasteiger partial charge in [0, 0.05) is 11.5 Å². The molecule has 222 valence electrons. The number of nitrogens with two attached hydrogens (primary N) is 2. The molecule has 1 aromatic rings. The summed E-state index contributed by atoms with van der Waals surface area (Å²) < 4.78 is 0. The Morgan fingerprint density at radius 3 is 1.40 bits per heavy atom. The van der Waals surface area contributed by atoms with Crippen LogP contribution in [0.5, 0.6) is 0 Å². The largest absolute Gasteiger partial charge is 0.477 e. The SMILES string of the molecule is CC1=C(C(=O)O)N2C(=O)[C@@H](NC(=O)C(N)c3ccc(C(N)C(=O)N[C@@H]4C(=O)N5C(C(=O)O)=C(C)CS[C@H]45)cc3)[C@H]2SC1. The highest BCUT2D eigenvalue weighted by Crippen LogP contribution is 2.41. The Labute approximate surface area is 247 Å². The molecule has 2 saturated heterocycles. The molecule has 0 aliphatic carbocycles. The maximum absolute atomic E-state index is 12.9. The van der Waals surface area contributed by atoms with Crippen molar-refractivity contribution in [3.8, 4) is 0 Å². The van der Waals surface area contributed by atoms with E-state index in [4.69, 9.17) is 11.5 Å². The van der Waals surface area contributed by atoms with E-state index in [0.29, 0.717) is 33.8 Å². The average molecular weight is 617 g/mol. The van der Waals surface area contributed by atoms with Gasteiger partial charge in [0.1, 0.15) is 46.3 Å². The molecule has 4 heterocycles. The van der Waals surface area contributed by atoms with Crippen LogP contribution in [0, 0.1) is 0 Å². The van der Waals surface area contributed by atoms with Gasteiger partial charge in [-0.2, -0.15) is 0 Å². The number of carbonyl (C=O) groups is 6. The fraction of sp³-hybridized carbons (Fsp3) is 0.385. The van der Waals surface area contributed by atoms with Crippen LogP contribution in [0.25, 0.3) is 0 Å². The number of amides is 4. The van der Waals surface area contributed by atoms with Crippen molar-refractivity contribution in [1.82, 2.24) is 20.4 Å². The van der Waals surface area contributed by atoms with Crippen LogP contribution < -0.4 is 22.1 Å². The Hall–Kier alpha value is -3.86. The second-order valence-electron chi connectivity index (χ2n) is 10.3.